The summed E-state index contributed by atoms with van der Waals surface area (Å²) in [4.78, 5) is 10.8. The summed E-state index contributed by atoms with van der Waals surface area (Å²) in [5, 5.41) is 17.7. The molecule has 1 amide bonds. The van der Waals surface area contributed by atoms with Gasteiger partial charge in [-0.2, -0.15) is 0 Å². The van der Waals surface area contributed by atoms with Crippen LogP contribution in [0.2, 0.25) is 0 Å². The van der Waals surface area contributed by atoms with Gasteiger partial charge in [-0.15, -0.1) is 0 Å². The fraction of sp³-hybridized carbons (Fsp3) is 0.222. The van der Waals surface area contributed by atoms with Crippen LogP contribution in [0.5, 0.6) is 0 Å². The molecule has 1 aromatic carbocycles. The van der Waals surface area contributed by atoms with Crippen LogP contribution in [0.4, 0.5) is 0 Å². The minimum absolute atomic E-state index is 0.173. The number of amides is 1. The standard InChI is InChI=1S/C9H11NO3/c10-9(13)8-2-6(4-11)1-7(3-8)5-12/h1-3,11-12H,4-5H2,(H2,10,13). The van der Waals surface area contributed by atoms with E-state index in [1.54, 1.807) is 6.07 Å². The molecule has 4 heteroatoms. The van der Waals surface area contributed by atoms with Gasteiger partial charge >= 0.3 is 0 Å². The van der Waals surface area contributed by atoms with Crippen LogP contribution < -0.4 is 5.73 Å². The van der Waals surface area contributed by atoms with E-state index in [0.717, 1.165) is 0 Å². The number of hydrogen-bond acceptors (Lipinski definition) is 3. The Hall–Kier alpha value is -1.39. The van der Waals surface area contributed by atoms with Crippen molar-refractivity contribution < 1.29 is 15.0 Å². The Morgan fingerprint density at radius 2 is 1.62 bits per heavy atom. The second kappa shape index (κ2) is 4.02. The lowest BCUT2D eigenvalue weighted by Crippen LogP contribution is -2.12. The highest BCUT2D eigenvalue weighted by Crippen LogP contribution is 2.10. The summed E-state index contributed by atoms with van der Waals surface area (Å²) in [6.45, 7) is -0.345. The number of aliphatic hydroxyl groups is 2. The van der Waals surface area contributed by atoms with Crippen molar-refractivity contribution in [3.63, 3.8) is 0 Å². The quantitative estimate of drug-likeness (QED) is 0.602. The van der Waals surface area contributed by atoms with Gasteiger partial charge in [0, 0.05) is 5.56 Å². The summed E-state index contributed by atoms with van der Waals surface area (Å²) >= 11 is 0. The van der Waals surface area contributed by atoms with Crippen LogP contribution in [0, 0.1) is 0 Å². The summed E-state index contributed by atoms with van der Waals surface area (Å²) in [5.74, 6) is -0.565. The maximum absolute atomic E-state index is 10.8. The molecule has 0 aliphatic carbocycles. The molecule has 0 atom stereocenters. The van der Waals surface area contributed by atoms with Crippen LogP contribution in [0.3, 0.4) is 0 Å². The Morgan fingerprint density at radius 3 is 1.92 bits per heavy atom. The molecule has 4 N–H and O–H groups in total. The van der Waals surface area contributed by atoms with Crippen molar-refractivity contribution in [2.75, 3.05) is 0 Å². The van der Waals surface area contributed by atoms with E-state index in [2.05, 4.69) is 0 Å². The van der Waals surface area contributed by atoms with Gasteiger partial charge in [0.2, 0.25) is 5.91 Å². The molecule has 0 aliphatic heterocycles. The summed E-state index contributed by atoms with van der Waals surface area (Å²) in [6, 6.07) is 4.62. The second-order valence-electron chi connectivity index (χ2n) is 2.72. The molecule has 4 nitrogen and oxygen atoms in total. The van der Waals surface area contributed by atoms with E-state index in [4.69, 9.17) is 15.9 Å². The van der Waals surface area contributed by atoms with E-state index in [1.807, 2.05) is 0 Å². The van der Waals surface area contributed by atoms with Crippen LogP contribution in [-0.2, 0) is 13.2 Å². The smallest absolute Gasteiger partial charge is 0.248 e. The highest BCUT2D eigenvalue weighted by Gasteiger charge is 2.04. The molecule has 1 aromatic rings. The molecular formula is C9H11NO3. The molecule has 0 radical (unpaired) electrons. The monoisotopic (exact) mass is 181 g/mol. The third-order valence-corrected chi connectivity index (χ3v) is 1.70. The van der Waals surface area contributed by atoms with Crippen molar-refractivity contribution in [1.82, 2.24) is 0 Å². The molecule has 0 aromatic heterocycles. The molecule has 0 fully saturated rings. The van der Waals surface area contributed by atoms with Crippen molar-refractivity contribution in [3.8, 4) is 0 Å². The zero-order valence-corrected chi connectivity index (χ0v) is 7.03. The number of primary amides is 1. The molecule has 70 valence electrons. The topological polar surface area (TPSA) is 83.6 Å². The van der Waals surface area contributed by atoms with E-state index in [1.165, 1.54) is 12.1 Å². The first kappa shape index (κ1) is 9.70. The number of hydrogen-bond donors (Lipinski definition) is 3. The third-order valence-electron chi connectivity index (χ3n) is 1.70. The van der Waals surface area contributed by atoms with E-state index < -0.39 is 5.91 Å². The number of carbonyl (C=O) groups excluding carboxylic acids is 1. The molecule has 0 saturated carbocycles. The summed E-state index contributed by atoms with van der Waals surface area (Å²) < 4.78 is 0. The SMILES string of the molecule is NC(=O)c1cc(CO)cc(CO)c1. The first-order valence-corrected chi connectivity index (χ1v) is 3.81. The molecule has 0 heterocycles. The average Bonchev–Trinajstić information content (AvgIpc) is 2.16. The van der Waals surface area contributed by atoms with Gasteiger partial charge in [0.1, 0.15) is 0 Å². The molecular weight excluding hydrogens is 170 g/mol. The number of nitrogens with two attached hydrogens (primary N) is 1. The van der Waals surface area contributed by atoms with Crippen molar-refractivity contribution in [2.45, 2.75) is 13.2 Å². The van der Waals surface area contributed by atoms with E-state index in [-0.39, 0.29) is 13.2 Å². The summed E-state index contributed by atoms with van der Waals surface area (Å²) in [6.07, 6.45) is 0. The summed E-state index contributed by atoms with van der Waals surface area (Å²) in [7, 11) is 0. The molecule has 0 saturated heterocycles. The summed E-state index contributed by atoms with van der Waals surface area (Å²) in [5.41, 5.74) is 6.50. The van der Waals surface area contributed by atoms with E-state index in [0.29, 0.717) is 16.7 Å². The Bertz CT molecular complexity index is 300. The van der Waals surface area contributed by atoms with E-state index in [9.17, 15) is 4.79 Å². The van der Waals surface area contributed by atoms with Gasteiger partial charge in [-0.3, -0.25) is 4.79 Å². The minimum atomic E-state index is -0.565. The van der Waals surface area contributed by atoms with Gasteiger partial charge in [-0.1, -0.05) is 6.07 Å². The minimum Gasteiger partial charge on any atom is -0.392 e. The lowest BCUT2D eigenvalue weighted by atomic mass is 10.1. The largest absolute Gasteiger partial charge is 0.392 e. The van der Waals surface area contributed by atoms with Gasteiger partial charge < -0.3 is 15.9 Å². The van der Waals surface area contributed by atoms with Gasteiger partial charge in [0.15, 0.2) is 0 Å². The first-order chi connectivity index (χ1) is 6.17. The highest BCUT2D eigenvalue weighted by atomic mass is 16.3. The maximum Gasteiger partial charge on any atom is 0.248 e. The fourth-order valence-electron chi connectivity index (χ4n) is 1.09. The van der Waals surface area contributed by atoms with Crippen LogP contribution >= 0.6 is 0 Å². The van der Waals surface area contributed by atoms with Crippen molar-refractivity contribution >= 4 is 5.91 Å². The normalized spacial score (nSPS) is 10.0. The number of carbonyl (C=O) groups is 1. The zero-order chi connectivity index (χ0) is 9.84. The third kappa shape index (κ3) is 2.27. The highest BCUT2D eigenvalue weighted by molar-refractivity contribution is 5.93. The second-order valence-corrected chi connectivity index (χ2v) is 2.72. The first-order valence-electron chi connectivity index (χ1n) is 3.81. The Kier molecular flexibility index (Phi) is 3.00. The zero-order valence-electron chi connectivity index (χ0n) is 7.03. The maximum atomic E-state index is 10.8. The molecule has 0 aliphatic rings. The van der Waals surface area contributed by atoms with Gasteiger partial charge in [0.05, 0.1) is 13.2 Å². The van der Waals surface area contributed by atoms with Crippen LogP contribution in [-0.4, -0.2) is 16.1 Å². The van der Waals surface area contributed by atoms with Crippen molar-refractivity contribution in [2.24, 2.45) is 5.73 Å². The Morgan fingerprint density at radius 1 is 1.15 bits per heavy atom. The van der Waals surface area contributed by atoms with Crippen LogP contribution in [0.25, 0.3) is 0 Å². The lowest BCUT2D eigenvalue weighted by molar-refractivity contribution is 0.1000. The number of aliphatic hydroxyl groups excluding tert-OH is 2. The molecule has 0 bridgehead atoms. The molecule has 13 heavy (non-hydrogen) atoms. The number of rotatable bonds is 3. The molecule has 1 rings (SSSR count). The predicted molar refractivity (Wildman–Crippen MR) is 46.8 cm³/mol. The Labute approximate surface area is 75.6 Å². The van der Waals surface area contributed by atoms with Gasteiger partial charge in [0.25, 0.3) is 0 Å². The van der Waals surface area contributed by atoms with Crippen LogP contribution in [0.1, 0.15) is 21.5 Å². The fourth-order valence-corrected chi connectivity index (χ4v) is 1.09. The van der Waals surface area contributed by atoms with Gasteiger partial charge in [-0.05, 0) is 23.3 Å². The average molecular weight is 181 g/mol. The number of benzene rings is 1. The lowest BCUT2D eigenvalue weighted by Gasteiger charge is -2.03. The van der Waals surface area contributed by atoms with Gasteiger partial charge in [-0.25, -0.2) is 0 Å². The van der Waals surface area contributed by atoms with Crippen molar-refractivity contribution in [3.05, 3.63) is 34.9 Å². The van der Waals surface area contributed by atoms with E-state index >= 15 is 0 Å². The Balaban J connectivity index is 3.14. The predicted octanol–water partition coefficient (Wildman–Crippen LogP) is -0.230. The molecule has 0 unspecified atom stereocenters. The van der Waals surface area contributed by atoms with Crippen LogP contribution in [0.15, 0.2) is 18.2 Å². The van der Waals surface area contributed by atoms with Crippen molar-refractivity contribution in [1.29, 1.82) is 0 Å². The molecule has 0 spiro atoms.